The molecule has 2 aromatic rings. The molecule has 0 aliphatic rings. The first-order valence-electron chi connectivity index (χ1n) is 6.83. The quantitative estimate of drug-likeness (QED) is 0.936. The van der Waals surface area contributed by atoms with Crippen molar-refractivity contribution in [2.45, 2.75) is 26.2 Å². The van der Waals surface area contributed by atoms with E-state index in [1.54, 1.807) is 31.5 Å². The molecule has 1 aromatic carbocycles. The molecule has 4 heteroatoms. The Labute approximate surface area is 125 Å². The lowest BCUT2D eigenvalue weighted by Crippen LogP contribution is -2.16. The SMILES string of the molecule is COc1ccccc1C(=O)Nc1ccnc(C(C)(C)C)c1. The highest BCUT2D eigenvalue weighted by Gasteiger charge is 2.17. The third kappa shape index (κ3) is 3.60. The predicted octanol–water partition coefficient (Wildman–Crippen LogP) is 3.64. The van der Waals surface area contributed by atoms with E-state index in [-0.39, 0.29) is 11.3 Å². The van der Waals surface area contributed by atoms with Gasteiger partial charge < -0.3 is 10.1 Å². The average molecular weight is 284 g/mol. The van der Waals surface area contributed by atoms with E-state index in [0.29, 0.717) is 11.3 Å². The highest BCUT2D eigenvalue weighted by Crippen LogP contribution is 2.23. The first-order valence-corrected chi connectivity index (χ1v) is 6.83. The van der Waals surface area contributed by atoms with Crippen molar-refractivity contribution in [3.8, 4) is 5.75 Å². The number of benzene rings is 1. The molecule has 0 unspecified atom stereocenters. The normalized spacial score (nSPS) is 11.0. The van der Waals surface area contributed by atoms with Crippen molar-refractivity contribution < 1.29 is 9.53 Å². The molecule has 0 atom stereocenters. The Kier molecular flexibility index (Phi) is 4.26. The number of hydrogen-bond acceptors (Lipinski definition) is 3. The number of ether oxygens (including phenoxy) is 1. The van der Waals surface area contributed by atoms with Gasteiger partial charge in [0.2, 0.25) is 0 Å². The number of nitrogens with one attached hydrogen (secondary N) is 1. The summed E-state index contributed by atoms with van der Waals surface area (Å²) in [7, 11) is 1.55. The van der Waals surface area contributed by atoms with Crippen molar-refractivity contribution >= 4 is 11.6 Å². The van der Waals surface area contributed by atoms with E-state index in [9.17, 15) is 4.79 Å². The first-order chi connectivity index (χ1) is 9.91. The van der Waals surface area contributed by atoms with Gasteiger partial charge in [0.25, 0.3) is 5.91 Å². The van der Waals surface area contributed by atoms with Gasteiger partial charge in [-0.2, -0.15) is 0 Å². The van der Waals surface area contributed by atoms with Crippen molar-refractivity contribution in [2.75, 3.05) is 12.4 Å². The molecular weight excluding hydrogens is 264 g/mol. The van der Waals surface area contributed by atoms with Crippen LogP contribution in [0.2, 0.25) is 0 Å². The van der Waals surface area contributed by atoms with Crippen LogP contribution in [0.3, 0.4) is 0 Å². The van der Waals surface area contributed by atoms with Gasteiger partial charge >= 0.3 is 0 Å². The van der Waals surface area contributed by atoms with Crippen LogP contribution >= 0.6 is 0 Å². The maximum Gasteiger partial charge on any atom is 0.259 e. The van der Waals surface area contributed by atoms with Crippen molar-refractivity contribution in [1.82, 2.24) is 4.98 Å². The molecule has 0 aliphatic carbocycles. The van der Waals surface area contributed by atoms with Gasteiger partial charge in [0.15, 0.2) is 0 Å². The van der Waals surface area contributed by atoms with Gasteiger partial charge in [-0.3, -0.25) is 9.78 Å². The van der Waals surface area contributed by atoms with Crippen LogP contribution in [0.4, 0.5) is 5.69 Å². The molecule has 0 radical (unpaired) electrons. The minimum atomic E-state index is -0.196. The second-order valence-corrected chi connectivity index (χ2v) is 5.83. The molecule has 1 N–H and O–H groups in total. The molecule has 4 nitrogen and oxygen atoms in total. The summed E-state index contributed by atoms with van der Waals surface area (Å²) in [6.45, 7) is 6.25. The molecule has 0 bridgehead atoms. The van der Waals surface area contributed by atoms with Gasteiger partial charge in [-0.25, -0.2) is 0 Å². The van der Waals surface area contributed by atoms with E-state index in [1.807, 2.05) is 18.2 Å². The molecule has 0 spiro atoms. The molecule has 1 amide bonds. The van der Waals surface area contributed by atoms with Crippen molar-refractivity contribution in [2.24, 2.45) is 0 Å². The molecule has 1 heterocycles. The Hall–Kier alpha value is -2.36. The fourth-order valence-electron chi connectivity index (χ4n) is 1.95. The largest absolute Gasteiger partial charge is 0.496 e. The molecule has 1 aromatic heterocycles. The lowest BCUT2D eigenvalue weighted by atomic mass is 9.91. The van der Waals surface area contributed by atoms with Gasteiger partial charge in [-0.15, -0.1) is 0 Å². The number of nitrogens with zero attached hydrogens (tertiary/aromatic N) is 1. The number of aromatic nitrogens is 1. The van der Waals surface area contributed by atoms with E-state index < -0.39 is 0 Å². The summed E-state index contributed by atoms with van der Waals surface area (Å²) in [5.74, 6) is 0.360. The summed E-state index contributed by atoms with van der Waals surface area (Å²) in [5, 5.41) is 2.89. The minimum Gasteiger partial charge on any atom is -0.496 e. The highest BCUT2D eigenvalue weighted by atomic mass is 16.5. The van der Waals surface area contributed by atoms with Crippen LogP contribution in [0.1, 0.15) is 36.8 Å². The molecule has 2 rings (SSSR count). The molecule has 110 valence electrons. The van der Waals surface area contributed by atoms with Crippen LogP contribution in [0, 0.1) is 0 Å². The van der Waals surface area contributed by atoms with E-state index >= 15 is 0 Å². The third-order valence-electron chi connectivity index (χ3n) is 3.14. The Balaban J connectivity index is 2.24. The maximum absolute atomic E-state index is 12.3. The minimum absolute atomic E-state index is 0.0643. The van der Waals surface area contributed by atoms with Gasteiger partial charge in [0.05, 0.1) is 12.7 Å². The summed E-state index contributed by atoms with van der Waals surface area (Å²) in [5.41, 5.74) is 2.10. The van der Waals surface area contributed by atoms with Crippen LogP contribution in [-0.2, 0) is 5.41 Å². The lowest BCUT2D eigenvalue weighted by molar-refractivity contribution is 0.102. The van der Waals surface area contributed by atoms with Gasteiger partial charge in [0, 0.05) is 23.0 Å². The second kappa shape index (κ2) is 5.95. The van der Waals surface area contributed by atoms with Crippen LogP contribution in [0.15, 0.2) is 42.6 Å². The number of carbonyl (C=O) groups excluding carboxylic acids is 1. The zero-order chi connectivity index (χ0) is 15.5. The number of pyridine rings is 1. The fourth-order valence-corrected chi connectivity index (χ4v) is 1.95. The maximum atomic E-state index is 12.3. The van der Waals surface area contributed by atoms with Gasteiger partial charge in [-0.05, 0) is 24.3 Å². The Bertz CT molecular complexity index is 645. The Morgan fingerprint density at radius 1 is 1.19 bits per heavy atom. The third-order valence-corrected chi connectivity index (χ3v) is 3.14. The molecule has 0 fully saturated rings. The van der Waals surface area contributed by atoms with Gasteiger partial charge in [-0.1, -0.05) is 32.9 Å². The first kappa shape index (κ1) is 15.0. The highest BCUT2D eigenvalue weighted by molar-refractivity contribution is 6.06. The molecule has 21 heavy (non-hydrogen) atoms. The molecule has 0 saturated carbocycles. The average Bonchev–Trinajstić information content (AvgIpc) is 2.46. The zero-order valence-corrected chi connectivity index (χ0v) is 12.8. The number of anilines is 1. The summed E-state index contributed by atoms with van der Waals surface area (Å²) in [6, 6.07) is 10.8. The molecule has 0 aliphatic heterocycles. The fraction of sp³-hybridized carbons (Fsp3) is 0.294. The lowest BCUT2D eigenvalue weighted by Gasteiger charge is -2.18. The Morgan fingerprint density at radius 2 is 1.90 bits per heavy atom. The van der Waals surface area contributed by atoms with Crippen molar-refractivity contribution in [3.05, 3.63) is 53.9 Å². The second-order valence-electron chi connectivity index (χ2n) is 5.83. The van der Waals surface area contributed by atoms with Crippen molar-refractivity contribution in [3.63, 3.8) is 0 Å². The van der Waals surface area contributed by atoms with Crippen LogP contribution in [-0.4, -0.2) is 18.0 Å². The number of rotatable bonds is 3. The van der Waals surface area contributed by atoms with Crippen LogP contribution in [0.5, 0.6) is 5.75 Å². The topological polar surface area (TPSA) is 51.2 Å². The van der Waals surface area contributed by atoms with E-state index in [0.717, 1.165) is 11.4 Å². The van der Waals surface area contributed by atoms with E-state index in [1.165, 1.54) is 0 Å². The summed E-state index contributed by atoms with van der Waals surface area (Å²) < 4.78 is 5.21. The molecular formula is C17H20N2O2. The van der Waals surface area contributed by atoms with E-state index in [4.69, 9.17) is 4.74 Å². The predicted molar refractivity (Wildman–Crippen MR) is 83.9 cm³/mol. The smallest absolute Gasteiger partial charge is 0.259 e. The van der Waals surface area contributed by atoms with E-state index in [2.05, 4.69) is 31.1 Å². The molecule has 0 saturated heterocycles. The van der Waals surface area contributed by atoms with Gasteiger partial charge in [0.1, 0.15) is 5.75 Å². The monoisotopic (exact) mass is 284 g/mol. The summed E-state index contributed by atoms with van der Waals surface area (Å²) >= 11 is 0. The zero-order valence-electron chi connectivity index (χ0n) is 12.8. The van der Waals surface area contributed by atoms with Crippen LogP contribution < -0.4 is 10.1 Å². The number of methoxy groups -OCH3 is 1. The number of amides is 1. The standard InChI is InChI=1S/C17H20N2O2/c1-17(2,3)15-11-12(9-10-18-15)19-16(20)13-7-5-6-8-14(13)21-4/h5-11H,1-4H3,(H,18,19,20). The summed E-state index contributed by atoms with van der Waals surface area (Å²) in [4.78, 5) is 16.7. The Morgan fingerprint density at radius 3 is 2.57 bits per heavy atom. The number of carbonyl (C=O) groups is 1. The number of hydrogen-bond donors (Lipinski definition) is 1. The van der Waals surface area contributed by atoms with Crippen LogP contribution in [0.25, 0.3) is 0 Å². The number of para-hydroxylation sites is 1. The van der Waals surface area contributed by atoms with Crippen molar-refractivity contribution in [1.29, 1.82) is 0 Å². The summed E-state index contributed by atoms with van der Waals surface area (Å²) in [6.07, 6.45) is 1.71.